The van der Waals surface area contributed by atoms with Crippen molar-refractivity contribution in [1.82, 2.24) is 10.4 Å². The van der Waals surface area contributed by atoms with E-state index in [0.29, 0.717) is 11.4 Å². The van der Waals surface area contributed by atoms with Crippen LogP contribution < -0.4 is 5.48 Å². The molecule has 2 amide bonds. The summed E-state index contributed by atoms with van der Waals surface area (Å²) >= 11 is 5.78. The Morgan fingerprint density at radius 1 is 1.06 bits per heavy atom. The van der Waals surface area contributed by atoms with Crippen LogP contribution in [0.3, 0.4) is 0 Å². The van der Waals surface area contributed by atoms with Crippen molar-refractivity contribution in [2.75, 3.05) is 20.2 Å². The molecule has 0 spiro atoms. The van der Waals surface area contributed by atoms with Gasteiger partial charge in [-0.3, -0.25) is 14.8 Å². The van der Waals surface area contributed by atoms with Crippen LogP contribution in [0.1, 0.15) is 48.0 Å². The van der Waals surface area contributed by atoms with Gasteiger partial charge in [-0.15, -0.1) is 0 Å². The normalized spacial score (nSPS) is 14.2. The smallest absolute Gasteiger partial charge is 0.253 e. The Morgan fingerprint density at radius 2 is 1.71 bits per heavy atom. The summed E-state index contributed by atoms with van der Waals surface area (Å²) in [5.41, 5.74) is 3.55. The van der Waals surface area contributed by atoms with E-state index in [4.69, 9.17) is 21.5 Å². The van der Waals surface area contributed by atoms with E-state index in [2.05, 4.69) is 0 Å². The minimum absolute atomic E-state index is 0.153. The van der Waals surface area contributed by atoms with Gasteiger partial charge >= 0.3 is 0 Å². The predicted molar refractivity (Wildman–Crippen MR) is 121 cm³/mol. The first kappa shape index (κ1) is 24.9. The van der Waals surface area contributed by atoms with Crippen LogP contribution in [-0.2, 0) is 16.0 Å². The standard InChI is InChI=1S/C12H16ClNO3.C12H15NO/c1-17-11(8-12(15)14-16)7-4-9-2-5-10(13)6-3-9;14-12(11-7-3-1-4-8-11)13-9-5-2-6-10-13/h2-3,5-6,11,16H,4,7-8H2,1H3,(H,14,15);1,3-4,7-8H,2,5-6,9-10H2. The van der Waals surface area contributed by atoms with E-state index in [-0.39, 0.29) is 18.4 Å². The highest BCUT2D eigenvalue weighted by Crippen LogP contribution is 2.14. The molecule has 1 heterocycles. The molecule has 0 bridgehead atoms. The quantitative estimate of drug-likeness (QED) is 0.485. The van der Waals surface area contributed by atoms with Crippen molar-refractivity contribution in [3.63, 3.8) is 0 Å². The molecule has 3 rings (SSSR count). The predicted octanol–water partition coefficient (Wildman–Crippen LogP) is 4.50. The van der Waals surface area contributed by atoms with E-state index in [9.17, 15) is 9.59 Å². The molecule has 0 aromatic heterocycles. The van der Waals surface area contributed by atoms with Crippen molar-refractivity contribution in [2.45, 2.75) is 44.6 Å². The first-order chi connectivity index (χ1) is 15.0. The highest BCUT2D eigenvalue weighted by atomic mass is 35.5. The number of piperidine rings is 1. The van der Waals surface area contributed by atoms with E-state index < -0.39 is 5.91 Å². The molecule has 7 heteroatoms. The van der Waals surface area contributed by atoms with Crippen LogP contribution in [0.5, 0.6) is 0 Å². The number of hydroxylamine groups is 1. The summed E-state index contributed by atoms with van der Waals surface area (Å²) in [6, 6.07) is 17.1. The molecule has 1 unspecified atom stereocenters. The lowest BCUT2D eigenvalue weighted by Gasteiger charge is -2.26. The van der Waals surface area contributed by atoms with Gasteiger partial charge in [0, 0.05) is 30.8 Å². The maximum Gasteiger partial charge on any atom is 0.253 e. The van der Waals surface area contributed by atoms with Crippen LogP contribution in [0.2, 0.25) is 5.02 Å². The first-order valence-electron chi connectivity index (χ1n) is 10.6. The van der Waals surface area contributed by atoms with Crippen LogP contribution in [0, 0.1) is 0 Å². The molecule has 2 aromatic carbocycles. The number of carbonyl (C=O) groups is 2. The average molecular weight is 447 g/mol. The molecule has 2 N–H and O–H groups in total. The van der Waals surface area contributed by atoms with Gasteiger partial charge in [0.15, 0.2) is 0 Å². The fraction of sp³-hybridized carbons (Fsp3) is 0.417. The van der Waals surface area contributed by atoms with Gasteiger partial charge in [0.25, 0.3) is 5.91 Å². The van der Waals surface area contributed by atoms with Crippen LogP contribution in [-0.4, -0.2) is 48.2 Å². The number of rotatable bonds is 7. The molecule has 0 saturated carbocycles. The number of hydrogen-bond acceptors (Lipinski definition) is 4. The number of carbonyl (C=O) groups excluding carboxylic acids is 2. The Labute approximate surface area is 189 Å². The van der Waals surface area contributed by atoms with E-state index in [1.54, 1.807) is 12.6 Å². The zero-order valence-electron chi connectivity index (χ0n) is 17.9. The van der Waals surface area contributed by atoms with Crippen LogP contribution in [0.25, 0.3) is 0 Å². The maximum absolute atomic E-state index is 11.9. The van der Waals surface area contributed by atoms with Gasteiger partial charge < -0.3 is 9.64 Å². The van der Waals surface area contributed by atoms with Gasteiger partial charge in [0.05, 0.1) is 12.5 Å². The minimum Gasteiger partial charge on any atom is -0.381 e. The third kappa shape index (κ3) is 9.09. The lowest BCUT2D eigenvalue weighted by atomic mass is 10.0. The second kappa shape index (κ2) is 13.8. The summed E-state index contributed by atoms with van der Waals surface area (Å²) in [4.78, 5) is 24.9. The Morgan fingerprint density at radius 3 is 2.29 bits per heavy atom. The van der Waals surface area contributed by atoms with Gasteiger partial charge in [0.1, 0.15) is 0 Å². The number of methoxy groups -OCH3 is 1. The van der Waals surface area contributed by atoms with Crippen molar-refractivity contribution in [3.05, 3.63) is 70.7 Å². The summed E-state index contributed by atoms with van der Waals surface area (Å²) < 4.78 is 5.17. The Balaban J connectivity index is 0.000000224. The number of ether oxygens (including phenoxy) is 1. The average Bonchev–Trinajstić information content (AvgIpc) is 2.83. The molecule has 1 aliphatic rings. The molecule has 1 fully saturated rings. The van der Waals surface area contributed by atoms with Crippen molar-refractivity contribution in [3.8, 4) is 0 Å². The number of hydrogen-bond donors (Lipinski definition) is 2. The SMILES string of the molecule is COC(CCc1ccc(Cl)cc1)CC(=O)NO.O=C(c1ccccc1)N1CCCCC1. The number of benzene rings is 2. The molecule has 2 aromatic rings. The van der Waals surface area contributed by atoms with E-state index in [1.807, 2.05) is 59.5 Å². The summed E-state index contributed by atoms with van der Waals surface area (Å²) in [6.45, 7) is 1.85. The van der Waals surface area contributed by atoms with E-state index in [0.717, 1.165) is 43.5 Å². The summed E-state index contributed by atoms with van der Waals surface area (Å²) in [5, 5.41) is 9.13. The van der Waals surface area contributed by atoms with Crippen molar-refractivity contribution in [2.24, 2.45) is 0 Å². The fourth-order valence-electron chi connectivity index (χ4n) is 3.39. The minimum atomic E-state index is -0.437. The van der Waals surface area contributed by atoms with E-state index >= 15 is 0 Å². The third-order valence-corrected chi connectivity index (χ3v) is 5.46. The molecule has 31 heavy (non-hydrogen) atoms. The summed E-state index contributed by atoms with van der Waals surface area (Å²) in [5.74, 6) is -0.252. The Kier molecular flexibility index (Phi) is 11.1. The van der Waals surface area contributed by atoms with Gasteiger partial charge in [0.2, 0.25) is 5.91 Å². The van der Waals surface area contributed by atoms with Gasteiger partial charge in [-0.2, -0.15) is 0 Å². The number of halogens is 1. The topological polar surface area (TPSA) is 78.9 Å². The second-order valence-electron chi connectivity index (χ2n) is 7.48. The largest absolute Gasteiger partial charge is 0.381 e. The number of amides is 2. The molecule has 168 valence electrons. The number of nitrogens with one attached hydrogen (secondary N) is 1. The molecule has 1 aliphatic heterocycles. The van der Waals surface area contributed by atoms with Crippen molar-refractivity contribution in [1.29, 1.82) is 0 Å². The molecule has 1 atom stereocenters. The zero-order valence-corrected chi connectivity index (χ0v) is 18.7. The van der Waals surface area contributed by atoms with Crippen LogP contribution >= 0.6 is 11.6 Å². The Bertz CT molecular complexity index is 793. The van der Waals surface area contributed by atoms with Gasteiger partial charge in [-0.1, -0.05) is 41.9 Å². The second-order valence-corrected chi connectivity index (χ2v) is 7.92. The van der Waals surface area contributed by atoms with Crippen molar-refractivity contribution >= 4 is 23.4 Å². The molecular formula is C24H31ClN2O4. The van der Waals surface area contributed by atoms with Gasteiger partial charge in [-0.25, -0.2) is 5.48 Å². The number of nitrogens with zero attached hydrogens (tertiary/aromatic N) is 1. The highest BCUT2D eigenvalue weighted by Gasteiger charge is 2.17. The summed E-state index contributed by atoms with van der Waals surface area (Å²) in [6.07, 6.45) is 5.04. The Hall–Kier alpha value is -2.41. The molecule has 6 nitrogen and oxygen atoms in total. The number of aryl methyl sites for hydroxylation is 1. The lowest BCUT2D eigenvalue weighted by Crippen LogP contribution is -2.35. The zero-order chi connectivity index (χ0) is 22.5. The van der Waals surface area contributed by atoms with Gasteiger partial charge in [-0.05, 0) is 61.9 Å². The lowest BCUT2D eigenvalue weighted by molar-refractivity contribution is -0.131. The maximum atomic E-state index is 11.9. The first-order valence-corrected chi connectivity index (χ1v) is 11.0. The molecule has 1 saturated heterocycles. The monoisotopic (exact) mass is 446 g/mol. The highest BCUT2D eigenvalue weighted by molar-refractivity contribution is 6.30. The third-order valence-electron chi connectivity index (χ3n) is 5.20. The van der Waals surface area contributed by atoms with Crippen molar-refractivity contribution < 1.29 is 19.5 Å². The van der Waals surface area contributed by atoms with Crippen LogP contribution in [0.4, 0.5) is 0 Å². The van der Waals surface area contributed by atoms with E-state index in [1.165, 1.54) is 6.42 Å². The molecular weight excluding hydrogens is 416 g/mol. The fourth-order valence-corrected chi connectivity index (χ4v) is 3.52. The summed E-state index contributed by atoms with van der Waals surface area (Å²) in [7, 11) is 1.55. The van der Waals surface area contributed by atoms with Crippen LogP contribution in [0.15, 0.2) is 54.6 Å². The molecule has 0 radical (unpaired) electrons. The molecule has 0 aliphatic carbocycles. The number of likely N-dealkylation sites (tertiary alicyclic amines) is 1.